The van der Waals surface area contributed by atoms with Crippen LogP contribution in [0.4, 0.5) is 0 Å². The van der Waals surface area contributed by atoms with Gasteiger partial charge in [0.05, 0.1) is 5.56 Å². The molecule has 3 nitrogen and oxygen atoms in total. The second-order valence-corrected chi connectivity index (χ2v) is 5.23. The SMILES string of the molecule is N#Cc1cc(CN)ccc1Sc1nccs1. The van der Waals surface area contributed by atoms with Crippen molar-refractivity contribution < 1.29 is 0 Å². The molecule has 0 unspecified atom stereocenters. The van der Waals surface area contributed by atoms with E-state index in [2.05, 4.69) is 11.1 Å². The van der Waals surface area contributed by atoms with Gasteiger partial charge in [-0.15, -0.1) is 11.3 Å². The minimum Gasteiger partial charge on any atom is -0.326 e. The van der Waals surface area contributed by atoms with E-state index in [0.29, 0.717) is 12.1 Å². The van der Waals surface area contributed by atoms with Gasteiger partial charge in [0.1, 0.15) is 6.07 Å². The highest BCUT2D eigenvalue weighted by atomic mass is 32.2. The monoisotopic (exact) mass is 247 g/mol. The van der Waals surface area contributed by atoms with Crippen molar-refractivity contribution in [1.29, 1.82) is 5.26 Å². The fourth-order valence-electron chi connectivity index (χ4n) is 1.24. The lowest BCUT2D eigenvalue weighted by atomic mass is 10.1. The summed E-state index contributed by atoms with van der Waals surface area (Å²) < 4.78 is 0.942. The standard InChI is InChI=1S/C11H9N3S2/c12-6-8-1-2-10(9(5-8)7-13)16-11-14-3-4-15-11/h1-5H,6,12H2. The largest absolute Gasteiger partial charge is 0.326 e. The molecular formula is C11H9N3S2. The molecule has 1 aromatic heterocycles. The highest BCUT2D eigenvalue weighted by Gasteiger charge is 2.06. The molecule has 0 saturated carbocycles. The van der Waals surface area contributed by atoms with Crippen molar-refractivity contribution >= 4 is 23.1 Å². The Balaban J connectivity index is 2.31. The Hall–Kier alpha value is -1.35. The number of hydrogen-bond donors (Lipinski definition) is 1. The first-order valence-corrected chi connectivity index (χ1v) is 6.33. The maximum atomic E-state index is 9.05. The summed E-state index contributed by atoms with van der Waals surface area (Å²) in [6.45, 7) is 0.455. The highest BCUT2D eigenvalue weighted by molar-refractivity contribution is 8.01. The summed E-state index contributed by atoms with van der Waals surface area (Å²) >= 11 is 3.07. The molecule has 0 bridgehead atoms. The van der Waals surface area contributed by atoms with Crippen LogP contribution >= 0.6 is 23.1 Å². The van der Waals surface area contributed by atoms with Gasteiger partial charge in [0, 0.05) is 23.0 Å². The molecule has 1 heterocycles. The van der Waals surface area contributed by atoms with Gasteiger partial charge in [-0.2, -0.15) is 5.26 Å². The number of nitrogens with two attached hydrogens (primary N) is 1. The van der Waals surface area contributed by atoms with E-state index < -0.39 is 0 Å². The van der Waals surface area contributed by atoms with Gasteiger partial charge in [0.25, 0.3) is 0 Å². The molecule has 0 aliphatic rings. The number of nitrogens with zero attached hydrogens (tertiary/aromatic N) is 2. The lowest BCUT2D eigenvalue weighted by molar-refractivity contribution is 1.06. The number of nitriles is 1. The minimum absolute atomic E-state index is 0.455. The van der Waals surface area contributed by atoms with Gasteiger partial charge < -0.3 is 5.73 Å². The first kappa shape index (κ1) is 11.1. The number of aromatic nitrogens is 1. The Morgan fingerprint density at radius 3 is 3.00 bits per heavy atom. The fraction of sp³-hybridized carbons (Fsp3) is 0.0909. The molecule has 2 rings (SSSR count). The Kier molecular flexibility index (Phi) is 3.57. The van der Waals surface area contributed by atoms with Crippen LogP contribution in [0.1, 0.15) is 11.1 Å². The van der Waals surface area contributed by atoms with E-state index in [1.54, 1.807) is 17.5 Å². The van der Waals surface area contributed by atoms with E-state index in [9.17, 15) is 0 Å². The maximum Gasteiger partial charge on any atom is 0.154 e. The summed E-state index contributed by atoms with van der Waals surface area (Å²) in [5.41, 5.74) is 7.16. The average Bonchev–Trinajstić information content (AvgIpc) is 2.82. The van der Waals surface area contributed by atoms with Gasteiger partial charge in [-0.25, -0.2) is 4.98 Å². The van der Waals surface area contributed by atoms with Crippen LogP contribution in [0.2, 0.25) is 0 Å². The summed E-state index contributed by atoms with van der Waals surface area (Å²) in [7, 11) is 0. The molecule has 0 aliphatic carbocycles. The quantitative estimate of drug-likeness (QED) is 0.905. The number of thiazole rings is 1. The van der Waals surface area contributed by atoms with Crippen LogP contribution in [-0.2, 0) is 6.54 Å². The van der Waals surface area contributed by atoms with Crippen molar-refractivity contribution in [2.75, 3.05) is 0 Å². The molecule has 5 heteroatoms. The summed E-state index contributed by atoms with van der Waals surface area (Å²) in [5.74, 6) is 0. The lowest BCUT2D eigenvalue weighted by Gasteiger charge is -2.03. The summed E-state index contributed by atoms with van der Waals surface area (Å²) in [6, 6.07) is 7.88. The fourth-order valence-corrected chi connectivity index (χ4v) is 2.88. The van der Waals surface area contributed by atoms with Gasteiger partial charge in [-0.3, -0.25) is 0 Å². The predicted molar refractivity (Wildman–Crippen MR) is 65.3 cm³/mol. The molecule has 0 atom stereocenters. The first-order valence-electron chi connectivity index (χ1n) is 4.64. The smallest absolute Gasteiger partial charge is 0.154 e. The molecule has 0 radical (unpaired) electrons. The molecule has 0 amide bonds. The third-order valence-corrected chi connectivity index (χ3v) is 3.97. The van der Waals surface area contributed by atoms with Crippen molar-refractivity contribution in [3.05, 3.63) is 40.9 Å². The van der Waals surface area contributed by atoms with E-state index in [1.165, 1.54) is 11.8 Å². The zero-order valence-corrected chi connectivity index (χ0v) is 10.0. The summed E-state index contributed by atoms with van der Waals surface area (Å²) in [6.07, 6.45) is 1.76. The molecule has 1 aromatic carbocycles. The molecule has 0 aliphatic heterocycles. The average molecular weight is 247 g/mol. The third kappa shape index (κ3) is 2.42. The van der Waals surface area contributed by atoms with Gasteiger partial charge >= 0.3 is 0 Å². The second-order valence-electron chi connectivity index (χ2n) is 3.05. The minimum atomic E-state index is 0.455. The third-order valence-electron chi connectivity index (χ3n) is 2.01. The Morgan fingerprint density at radius 1 is 1.50 bits per heavy atom. The first-order chi connectivity index (χ1) is 7.83. The van der Waals surface area contributed by atoms with Crippen molar-refractivity contribution in [1.82, 2.24) is 4.98 Å². The van der Waals surface area contributed by atoms with Crippen molar-refractivity contribution in [2.24, 2.45) is 5.73 Å². The van der Waals surface area contributed by atoms with Crippen LogP contribution in [-0.4, -0.2) is 4.98 Å². The van der Waals surface area contributed by atoms with Gasteiger partial charge in [0.15, 0.2) is 4.34 Å². The highest BCUT2D eigenvalue weighted by Crippen LogP contribution is 2.31. The van der Waals surface area contributed by atoms with E-state index in [-0.39, 0.29) is 0 Å². The van der Waals surface area contributed by atoms with Crippen LogP contribution in [0.5, 0.6) is 0 Å². The number of hydrogen-bond acceptors (Lipinski definition) is 5. The van der Waals surface area contributed by atoms with Crippen LogP contribution in [0.25, 0.3) is 0 Å². The lowest BCUT2D eigenvalue weighted by Crippen LogP contribution is -1.96. The van der Waals surface area contributed by atoms with E-state index >= 15 is 0 Å². The predicted octanol–water partition coefficient (Wildman–Crippen LogP) is 2.62. The van der Waals surface area contributed by atoms with Gasteiger partial charge in [0.2, 0.25) is 0 Å². The van der Waals surface area contributed by atoms with Gasteiger partial charge in [-0.1, -0.05) is 17.8 Å². The summed E-state index contributed by atoms with van der Waals surface area (Å²) in [4.78, 5) is 5.10. The Bertz CT molecular complexity index is 515. The molecule has 0 spiro atoms. The maximum absolute atomic E-state index is 9.05. The zero-order valence-electron chi connectivity index (χ0n) is 8.38. The molecule has 0 fully saturated rings. The molecular weight excluding hydrogens is 238 g/mol. The van der Waals surface area contributed by atoms with Crippen LogP contribution in [0, 0.1) is 11.3 Å². The molecule has 2 N–H and O–H groups in total. The second kappa shape index (κ2) is 5.12. The van der Waals surface area contributed by atoms with Crippen molar-refractivity contribution in [3.63, 3.8) is 0 Å². The Labute approximate surface area is 102 Å². The molecule has 2 aromatic rings. The zero-order chi connectivity index (χ0) is 11.4. The number of rotatable bonds is 3. The molecule has 0 saturated heterocycles. The molecule has 80 valence electrons. The van der Waals surface area contributed by atoms with Gasteiger partial charge in [-0.05, 0) is 17.7 Å². The molecule has 16 heavy (non-hydrogen) atoms. The summed E-state index contributed by atoms with van der Waals surface area (Å²) in [5, 5.41) is 11.0. The van der Waals surface area contributed by atoms with Crippen molar-refractivity contribution in [3.8, 4) is 6.07 Å². The number of benzene rings is 1. The van der Waals surface area contributed by atoms with Crippen LogP contribution in [0.15, 0.2) is 39.0 Å². The van der Waals surface area contributed by atoms with Crippen molar-refractivity contribution in [2.45, 2.75) is 15.8 Å². The van der Waals surface area contributed by atoms with Crippen LogP contribution in [0.3, 0.4) is 0 Å². The Morgan fingerprint density at radius 2 is 2.38 bits per heavy atom. The topological polar surface area (TPSA) is 62.7 Å². The normalized spacial score (nSPS) is 10.0. The van der Waals surface area contributed by atoms with E-state index in [0.717, 1.165) is 14.8 Å². The van der Waals surface area contributed by atoms with Crippen LogP contribution < -0.4 is 5.73 Å². The van der Waals surface area contributed by atoms with E-state index in [4.69, 9.17) is 11.0 Å². The van der Waals surface area contributed by atoms with E-state index in [1.807, 2.05) is 23.6 Å².